The lowest BCUT2D eigenvalue weighted by Gasteiger charge is -2.30. The Balaban J connectivity index is 2.04. The Kier molecular flexibility index (Phi) is 6.82. The highest BCUT2D eigenvalue weighted by atomic mass is 32.2. The Morgan fingerprint density at radius 2 is 1.50 bits per heavy atom. The summed E-state index contributed by atoms with van der Waals surface area (Å²) in [5.74, 6) is 0.534. The van der Waals surface area contributed by atoms with Crippen molar-refractivity contribution in [3.8, 4) is 5.75 Å². The third-order valence-electron chi connectivity index (χ3n) is 4.68. The number of nitrogens with one attached hydrogen (secondary N) is 1. The summed E-state index contributed by atoms with van der Waals surface area (Å²) in [5.41, 5.74) is 1.55. The molecule has 3 aromatic rings. The molecule has 1 N–H and O–H groups in total. The van der Waals surface area contributed by atoms with Gasteiger partial charge in [-0.1, -0.05) is 48.0 Å². The van der Waals surface area contributed by atoms with Gasteiger partial charge < -0.3 is 10.1 Å². The van der Waals surface area contributed by atoms with Gasteiger partial charge in [0.1, 0.15) is 11.8 Å². The molecule has 0 amide bonds. The Hall–Kier alpha value is -2.80. The topological polar surface area (TPSA) is 38.3 Å². The van der Waals surface area contributed by atoms with Gasteiger partial charge in [0, 0.05) is 10.6 Å². The maximum atomic E-state index is 14.2. The lowest BCUT2D eigenvalue weighted by Crippen LogP contribution is -2.43. The minimum Gasteiger partial charge on any atom is -0.497 e. The molecule has 3 aromatic carbocycles. The normalized spacial score (nSPS) is 14.6. The van der Waals surface area contributed by atoms with Crippen LogP contribution in [0, 0.1) is 6.92 Å². The smallest absolute Gasteiger partial charge is 0.410 e. The van der Waals surface area contributed by atoms with Crippen LogP contribution in [0.5, 0.6) is 5.75 Å². The molecular formula is C23H22F3NO2S. The summed E-state index contributed by atoms with van der Waals surface area (Å²) in [6, 6.07) is 19.0. The average molecular weight is 433 g/mol. The molecule has 0 saturated carbocycles. The van der Waals surface area contributed by atoms with Crippen LogP contribution >= 0.6 is 0 Å². The summed E-state index contributed by atoms with van der Waals surface area (Å²) in [6.45, 7) is 1.87. The standard InChI is InChI=1S/C23H22F3NO2S/c1-16-8-14-20(15-9-16)30(28)21(17-6-4-3-5-7-17)22(23(24,25)26)27-18-10-12-19(29-2)13-11-18/h3-15,21-22,27H,1-2H3/t21-,22+,30-/m0/s1. The number of hydrogen-bond acceptors (Lipinski definition) is 3. The lowest BCUT2D eigenvalue weighted by molar-refractivity contribution is -0.142. The maximum Gasteiger partial charge on any atom is 0.410 e. The number of halogens is 3. The van der Waals surface area contributed by atoms with Crippen molar-refractivity contribution >= 4 is 16.5 Å². The number of ether oxygens (including phenoxy) is 1. The summed E-state index contributed by atoms with van der Waals surface area (Å²) < 4.78 is 61.1. The van der Waals surface area contributed by atoms with E-state index < -0.39 is 28.3 Å². The molecule has 0 heterocycles. The van der Waals surface area contributed by atoms with E-state index in [0.29, 0.717) is 16.2 Å². The zero-order valence-corrected chi connectivity index (χ0v) is 17.3. The fourth-order valence-corrected chi connectivity index (χ4v) is 4.67. The van der Waals surface area contributed by atoms with Crippen LogP contribution in [0.3, 0.4) is 0 Å². The second-order valence-corrected chi connectivity index (χ2v) is 8.41. The van der Waals surface area contributed by atoms with Gasteiger partial charge in [-0.2, -0.15) is 13.2 Å². The fraction of sp³-hybridized carbons (Fsp3) is 0.217. The van der Waals surface area contributed by atoms with Gasteiger partial charge in [0.05, 0.1) is 23.2 Å². The number of anilines is 1. The summed E-state index contributed by atoms with van der Waals surface area (Å²) in [5, 5.41) is 1.22. The van der Waals surface area contributed by atoms with E-state index >= 15 is 0 Å². The summed E-state index contributed by atoms with van der Waals surface area (Å²) in [4.78, 5) is 0.347. The first-order valence-electron chi connectivity index (χ1n) is 9.29. The Morgan fingerprint density at radius 1 is 0.900 bits per heavy atom. The SMILES string of the molecule is COc1ccc(N[C@H]([C@H](c2ccccc2)[S@@](=O)c2ccc(C)cc2)C(F)(F)F)cc1. The molecule has 0 spiro atoms. The Bertz CT molecular complexity index is 974. The first-order valence-corrected chi connectivity index (χ1v) is 10.5. The molecule has 0 aliphatic carbocycles. The van der Waals surface area contributed by atoms with Gasteiger partial charge in [-0.15, -0.1) is 0 Å². The van der Waals surface area contributed by atoms with Gasteiger partial charge in [0.25, 0.3) is 0 Å². The van der Waals surface area contributed by atoms with Crippen LogP contribution in [0.4, 0.5) is 18.9 Å². The molecule has 0 aromatic heterocycles. The van der Waals surface area contributed by atoms with Crippen molar-refractivity contribution in [1.82, 2.24) is 0 Å². The van der Waals surface area contributed by atoms with E-state index in [1.165, 1.54) is 19.2 Å². The minimum absolute atomic E-state index is 0.264. The minimum atomic E-state index is -4.64. The number of benzene rings is 3. The first-order chi connectivity index (χ1) is 14.3. The van der Waals surface area contributed by atoms with E-state index in [9.17, 15) is 17.4 Å². The molecule has 0 aliphatic rings. The molecular weight excluding hydrogens is 411 g/mol. The average Bonchev–Trinajstić information content (AvgIpc) is 2.74. The molecule has 3 rings (SSSR count). The number of hydrogen-bond donors (Lipinski definition) is 1. The lowest BCUT2D eigenvalue weighted by atomic mass is 10.0. The second kappa shape index (κ2) is 9.34. The molecule has 0 aliphatic heterocycles. The predicted octanol–water partition coefficient (Wildman–Crippen LogP) is 5.90. The van der Waals surface area contributed by atoms with E-state index in [2.05, 4.69) is 5.32 Å². The van der Waals surface area contributed by atoms with E-state index in [1.54, 1.807) is 66.7 Å². The summed E-state index contributed by atoms with van der Waals surface area (Å²) in [7, 11) is -0.461. The van der Waals surface area contributed by atoms with Crippen LogP contribution in [0.25, 0.3) is 0 Å². The predicted molar refractivity (Wildman–Crippen MR) is 113 cm³/mol. The van der Waals surface area contributed by atoms with Crippen molar-refractivity contribution in [2.24, 2.45) is 0 Å². The van der Waals surface area contributed by atoms with Crippen LogP contribution in [0.2, 0.25) is 0 Å². The third kappa shape index (κ3) is 5.21. The van der Waals surface area contributed by atoms with Gasteiger partial charge in [-0.05, 0) is 48.9 Å². The Labute approximate surface area is 176 Å². The number of alkyl halides is 3. The number of methoxy groups -OCH3 is 1. The summed E-state index contributed by atoms with van der Waals surface area (Å²) in [6.07, 6.45) is -4.64. The van der Waals surface area contributed by atoms with Gasteiger partial charge in [0.2, 0.25) is 0 Å². The highest BCUT2D eigenvalue weighted by Gasteiger charge is 2.48. The molecule has 158 valence electrons. The van der Waals surface area contributed by atoms with E-state index in [0.717, 1.165) is 5.56 Å². The maximum absolute atomic E-state index is 14.2. The fourth-order valence-electron chi connectivity index (χ4n) is 3.10. The van der Waals surface area contributed by atoms with Crippen molar-refractivity contribution < 1.29 is 22.1 Å². The molecule has 0 radical (unpaired) electrons. The van der Waals surface area contributed by atoms with Crippen LogP contribution < -0.4 is 10.1 Å². The van der Waals surface area contributed by atoms with Crippen LogP contribution in [0.15, 0.2) is 83.8 Å². The molecule has 3 atom stereocenters. The quantitative estimate of drug-likeness (QED) is 0.505. The van der Waals surface area contributed by atoms with Crippen LogP contribution in [0.1, 0.15) is 16.4 Å². The summed E-state index contributed by atoms with van der Waals surface area (Å²) >= 11 is 0. The van der Waals surface area contributed by atoms with E-state index in [-0.39, 0.29) is 5.69 Å². The van der Waals surface area contributed by atoms with Gasteiger partial charge in [0.15, 0.2) is 0 Å². The molecule has 0 unspecified atom stereocenters. The highest BCUT2D eigenvalue weighted by Crippen LogP contribution is 2.38. The van der Waals surface area contributed by atoms with Crippen molar-refractivity contribution in [1.29, 1.82) is 0 Å². The molecule has 30 heavy (non-hydrogen) atoms. The van der Waals surface area contributed by atoms with Gasteiger partial charge >= 0.3 is 6.18 Å². The van der Waals surface area contributed by atoms with Crippen LogP contribution in [-0.2, 0) is 10.8 Å². The largest absolute Gasteiger partial charge is 0.497 e. The van der Waals surface area contributed by atoms with Crippen LogP contribution in [-0.4, -0.2) is 23.5 Å². The number of aryl methyl sites for hydroxylation is 1. The molecule has 0 bridgehead atoms. The van der Waals surface area contributed by atoms with Crippen molar-refractivity contribution in [3.05, 3.63) is 90.0 Å². The highest BCUT2D eigenvalue weighted by molar-refractivity contribution is 7.85. The number of rotatable bonds is 7. The molecule has 3 nitrogen and oxygen atoms in total. The molecule has 0 saturated heterocycles. The van der Waals surface area contributed by atoms with Gasteiger partial charge in [-0.3, -0.25) is 4.21 Å². The van der Waals surface area contributed by atoms with E-state index in [1.807, 2.05) is 6.92 Å². The molecule has 7 heteroatoms. The van der Waals surface area contributed by atoms with Crippen molar-refractivity contribution in [2.45, 2.75) is 29.3 Å². The van der Waals surface area contributed by atoms with Gasteiger partial charge in [-0.25, -0.2) is 0 Å². The third-order valence-corrected chi connectivity index (χ3v) is 6.42. The van der Waals surface area contributed by atoms with Crippen molar-refractivity contribution in [2.75, 3.05) is 12.4 Å². The molecule has 0 fully saturated rings. The monoisotopic (exact) mass is 433 g/mol. The van der Waals surface area contributed by atoms with Crippen molar-refractivity contribution in [3.63, 3.8) is 0 Å². The van der Waals surface area contributed by atoms with E-state index in [4.69, 9.17) is 4.74 Å². The zero-order chi connectivity index (χ0) is 21.7. The Morgan fingerprint density at radius 3 is 2.03 bits per heavy atom. The zero-order valence-electron chi connectivity index (χ0n) is 16.5. The second-order valence-electron chi connectivity index (χ2n) is 6.83. The first kappa shape index (κ1) is 21.9.